The average Bonchev–Trinajstić information content (AvgIpc) is 3.61. The van der Waals surface area contributed by atoms with Gasteiger partial charge in [0.15, 0.2) is 17.4 Å². The van der Waals surface area contributed by atoms with Crippen molar-refractivity contribution in [3.05, 3.63) is 56.2 Å². The summed E-state index contributed by atoms with van der Waals surface area (Å²) in [4.78, 5) is 74.4. The summed E-state index contributed by atoms with van der Waals surface area (Å²) in [6, 6.07) is 0.137. The summed E-state index contributed by atoms with van der Waals surface area (Å²) in [5.41, 5.74) is 12.9. The molecule has 46 heavy (non-hydrogen) atoms. The number of phosphoric acid groups is 2. The molecule has 10 N–H and O–H groups in total. The lowest BCUT2D eigenvalue weighted by molar-refractivity contribution is -0.0542. The number of hydrogen-bond donors (Lipinski definition) is 9. The van der Waals surface area contributed by atoms with Crippen molar-refractivity contribution in [3.8, 4) is 0 Å². The van der Waals surface area contributed by atoms with E-state index in [4.69, 9.17) is 40.3 Å². The molecule has 2 saturated heterocycles. The Morgan fingerprint density at radius 3 is 2.17 bits per heavy atom. The number of rotatable bonds is 9. The van der Waals surface area contributed by atoms with Gasteiger partial charge in [0.25, 0.3) is 5.56 Å². The summed E-state index contributed by atoms with van der Waals surface area (Å²) in [5.74, 6) is -0.0225. The first kappa shape index (κ1) is 35.2. The van der Waals surface area contributed by atoms with Crippen molar-refractivity contribution in [2.45, 2.75) is 49.0 Å². The van der Waals surface area contributed by atoms with Crippen molar-refractivity contribution >= 4 is 32.6 Å². The largest absolute Gasteiger partial charge is 0.469 e. The summed E-state index contributed by atoms with van der Waals surface area (Å²) in [5, 5.41) is 33.3. The quantitative estimate of drug-likeness (QED) is 0.0458. The lowest BCUT2D eigenvalue weighted by Crippen LogP contribution is -2.36. The summed E-state index contributed by atoms with van der Waals surface area (Å²) in [7, 11) is -9.52. The van der Waals surface area contributed by atoms with Crippen LogP contribution >= 0.6 is 15.6 Å². The van der Waals surface area contributed by atoms with Crippen molar-refractivity contribution in [2.75, 3.05) is 18.9 Å². The van der Waals surface area contributed by atoms with Crippen LogP contribution in [0.4, 0.5) is 5.82 Å². The lowest BCUT2D eigenvalue weighted by atomic mass is 10.1. The minimum atomic E-state index is -4.78. The fourth-order valence-electron chi connectivity index (χ4n) is 4.39. The van der Waals surface area contributed by atoms with Gasteiger partial charge in [0, 0.05) is 11.1 Å². The highest BCUT2D eigenvalue weighted by Gasteiger charge is 2.46. The molecule has 2 fully saturated rings. The second-order valence-corrected chi connectivity index (χ2v) is 11.9. The van der Waals surface area contributed by atoms with Gasteiger partial charge in [-0.3, -0.25) is 23.0 Å². The third-order valence-corrected chi connectivity index (χ3v) is 7.41. The summed E-state index contributed by atoms with van der Waals surface area (Å²) < 4.78 is 42.9. The number of anilines is 1. The summed E-state index contributed by atoms with van der Waals surface area (Å²) in [6.07, 6.45) is -5.61. The van der Waals surface area contributed by atoms with Crippen molar-refractivity contribution in [1.82, 2.24) is 29.1 Å². The maximum Gasteiger partial charge on any atom is 0.469 e. The van der Waals surface area contributed by atoms with Gasteiger partial charge in [-0.05, 0) is 11.6 Å². The highest BCUT2D eigenvalue weighted by atomic mass is 31.2. The highest BCUT2D eigenvalue weighted by Crippen LogP contribution is 2.40. The zero-order valence-corrected chi connectivity index (χ0v) is 24.6. The number of fused-ring (bicyclic) bond motifs is 1. The second kappa shape index (κ2) is 14.0. The van der Waals surface area contributed by atoms with Gasteiger partial charge < -0.3 is 55.1 Å². The van der Waals surface area contributed by atoms with Gasteiger partial charge in [0.1, 0.15) is 42.5 Å². The molecule has 3 aromatic heterocycles. The Morgan fingerprint density at radius 2 is 1.59 bits per heavy atom. The molecule has 25 nitrogen and oxygen atoms in total. The zero-order valence-electron chi connectivity index (χ0n) is 22.8. The Balaban J connectivity index is 0.000000212. The molecule has 0 amide bonds. The number of H-pyrrole nitrogens is 1. The summed E-state index contributed by atoms with van der Waals surface area (Å²) in [6.45, 7) is -1.30. The smallest absolute Gasteiger partial charge is 0.390 e. The maximum absolute atomic E-state index is 11.7. The molecule has 5 heterocycles. The molecule has 0 aliphatic carbocycles. The van der Waals surface area contributed by atoms with Crippen molar-refractivity contribution in [2.24, 2.45) is 5.11 Å². The number of nitrogens with two attached hydrogens (primary N) is 1. The number of imidazole rings is 1. The number of nitrogens with zero attached hydrogens (tertiary/aromatic N) is 8. The van der Waals surface area contributed by atoms with E-state index in [9.17, 15) is 34.0 Å². The van der Waals surface area contributed by atoms with Crippen molar-refractivity contribution in [1.29, 1.82) is 0 Å². The maximum atomic E-state index is 11.7. The molecule has 0 bridgehead atoms. The lowest BCUT2D eigenvalue weighted by Gasteiger charge is -2.16. The van der Waals surface area contributed by atoms with Crippen LogP contribution in [-0.4, -0.2) is 114 Å². The summed E-state index contributed by atoms with van der Waals surface area (Å²) >= 11 is 0. The molecule has 27 heteroatoms. The van der Waals surface area contributed by atoms with E-state index in [1.807, 2.05) is 0 Å². The predicted octanol–water partition coefficient (Wildman–Crippen LogP) is -3.28. The van der Waals surface area contributed by atoms with Crippen molar-refractivity contribution in [3.63, 3.8) is 0 Å². The molecule has 0 aromatic carbocycles. The first-order valence-electron chi connectivity index (χ1n) is 12.5. The van der Waals surface area contributed by atoms with Crippen LogP contribution < -0.4 is 17.0 Å². The van der Waals surface area contributed by atoms with Gasteiger partial charge in [-0.25, -0.2) is 23.9 Å². The number of aromatic nitrogens is 6. The van der Waals surface area contributed by atoms with Gasteiger partial charge in [-0.15, -0.1) is 0 Å². The zero-order chi connectivity index (χ0) is 34.0. The number of nitrogens with one attached hydrogen (secondary N) is 1. The van der Waals surface area contributed by atoms with E-state index >= 15 is 0 Å². The van der Waals surface area contributed by atoms with Crippen LogP contribution in [0.25, 0.3) is 21.6 Å². The van der Waals surface area contributed by atoms with Crippen LogP contribution in [0.5, 0.6) is 0 Å². The van der Waals surface area contributed by atoms with E-state index in [-0.39, 0.29) is 17.0 Å². The number of aromatic amines is 1. The van der Waals surface area contributed by atoms with E-state index in [0.29, 0.717) is 0 Å². The van der Waals surface area contributed by atoms with Crippen LogP contribution in [-0.2, 0) is 27.7 Å². The van der Waals surface area contributed by atoms with Crippen LogP contribution in [0.3, 0.4) is 0 Å². The SMILES string of the molecule is Nc1ccn([C@@H]2O[C@H](COP(=O)(O)O)[C@@H](O)[C@H]2O)c(=O)n1.[N-]=[N+]=N[C@@H]1[C@H](O)[C@@H](COP(=O)(O)O)O[C@H]1n1cnc2c(=O)[nH]cnc21. The number of hydrogen-bond acceptors (Lipinski definition) is 16. The van der Waals surface area contributed by atoms with E-state index in [1.165, 1.54) is 23.2 Å². The number of azide groups is 1. The predicted molar refractivity (Wildman–Crippen MR) is 146 cm³/mol. The minimum absolute atomic E-state index is 0.00944. The van der Waals surface area contributed by atoms with E-state index in [1.54, 1.807) is 0 Å². The molecular formula is C19H26N10O15P2. The first-order chi connectivity index (χ1) is 21.5. The molecule has 2 aliphatic rings. The highest BCUT2D eigenvalue weighted by molar-refractivity contribution is 7.46. The van der Waals surface area contributed by atoms with E-state index < -0.39 is 89.1 Å². The van der Waals surface area contributed by atoms with Crippen LogP contribution in [0.15, 0.2) is 39.6 Å². The standard InChI is InChI=1S/C10H12N7O7P.C9H14N3O8P/c11-16-15-5-7(18)4(1-23-25(20,21)22)24-10(5)17-3-14-6-8(17)12-2-13-9(6)19;10-5-1-2-12(9(15)11-5)8-7(14)6(13)4(20-8)3-19-21(16,17)18/h2-5,7,10,18H,1H2,(H,12,13,19)(H2,20,21,22);1-2,4,6-8,13-14H,3H2,(H2,10,11,15)(H2,16,17,18)/t4-,5-,7-,10-;4-,6-,7-,8-/m11/s1. The Morgan fingerprint density at radius 1 is 0.978 bits per heavy atom. The number of ether oxygens (including phenoxy) is 2. The number of phosphoric ester groups is 2. The molecular weight excluding hydrogens is 670 g/mol. The number of aliphatic hydroxyl groups is 3. The van der Waals surface area contributed by atoms with E-state index in [2.05, 4.69) is 39.0 Å². The van der Waals surface area contributed by atoms with E-state index in [0.717, 1.165) is 10.9 Å². The fraction of sp³-hybridized carbons (Fsp3) is 0.526. The monoisotopic (exact) mass is 696 g/mol. The molecule has 2 aliphatic heterocycles. The first-order valence-corrected chi connectivity index (χ1v) is 15.6. The fourth-order valence-corrected chi connectivity index (χ4v) is 5.07. The molecule has 0 radical (unpaired) electrons. The van der Waals surface area contributed by atoms with Crippen molar-refractivity contribution < 1.29 is 62.5 Å². The number of aliphatic hydroxyl groups excluding tert-OH is 3. The molecule has 0 saturated carbocycles. The normalized spacial score (nSPS) is 28.1. The Kier molecular flexibility index (Phi) is 10.7. The van der Waals surface area contributed by atoms with Gasteiger partial charge >= 0.3 is 21.3 Å². The van der Waals surface area contributed by atoms with Gasteiger partial charge in [-0.1, -0.05) is 5.11 Å². The Labute approximate surface area is 253 Å². The minimum Gasteiger partial charge on any atom is -0.390 e. The average molecular weight is 696 g/mol. The molecule has 0 unspecified atom stereocenters. The molecule has 3 aromatic rings. The van der Waals surface area contributed by atoms with Gasteiger partial charge in [0.2, 0.25) is 0 Å². The van der Waals surface area contributed by atoms with Crippen LogP contribution in [0.2, 0.25) is 0 Å². The molecule has 0 spiro atoms. The third-order valence-electron chi connectivity index (χ3n) is 6.44. The van der Waals surface area contributed by atoms with Gasteiger partial charge in [0.05, 0.1) is 32.0 Å². The second-order valence-electron chi connectivity index (χ2n) is 9.47. The van der Waals surface area contributed by atoms with Crippen LogP contribution in [0.1, 0.15) is 12.5 Å². The molecule has 8 atom stereocenters. The molecule has 5 rings (SSSR count). The van der Waals surface area contributed by atoms with Gasteiger partial charge in [-0.2, -0.15) is 4.98 Å². The van der Waals surface area contributed by atoms with Crippen LogP contribution in [0, 0.1) is 0 Å². The Bertz CT molecular complexity index is 1800. The number of nitrogen functional groups attached to an aromatic ring is 1. The topological polar surface area (TPSA) is 386 Å². The third kappa shape index (κ3) is 8.19. The Hall–Kier alpha value is -3.64. The molecule has 252 valence electrons.